The number of halogens is 2. The highest BCUT2D eigenvalue weighted by Gasteiger charge is 2.22. The third-order valence-corrected chi connectivity index (χ3v) is 5.54. The van der Waals surface area contributed by atoms with Crippen molar-refractivity contribution in [3.05, 3.63) is 27.7 Å². The predicted octanol–water partition coefficient (Wildman–Crippen LogP) is 2.88. The molecule has 0 aromatic heterocycles. The molecule has 21 heavy (non-hydrogen) atoms. The summed E-state index contributed by atoms with van der Waals surface area (Å²) < 4.78 is 33.9. The fourth-order valence-electron chi connectivity index (χ4n) is 2.02. The maximum atomic E-state index is 12.0. The second kappa shape index (κ2) is 6.64. The Labute approximate surface area is 136 Å². The molecule has 2 rings (SSSR count). The molecule has 1 aliphatic rings. The Hall–Kier alpha value is -0.630. The lowest BCUT2D eigenvalue weighted by atomic mass is 10.1. The van der Waals surface area contributed by atoms with Crippen molar-refractivity contribution in [1.29, 1.82) is 0 Å². The smallest absolute Gasteiger partial charge is 0.338 e. The first-order valence-electron chi connectivity index (χ1n) is 6.28. The van der Waals surface area contributed by atoms with Crippen molar-refractivity contribution < 1.29 is 22.7 Å². The zero-order chi connectivity index (χ0) is 15.6. The van der Waals surface area contributed by atoms with Gasteiger partial charge in [0.2, 0.25) is 0 Å². The molecule has 1 saturated heterocycles. The molecule has 1 unspecified atom stereocenters. The molecule has 116 valence electrons. The van der Waals surface area contributed by atoms with E-state index in [9.17, 15) is 13.2 Å². The quantitative estimate of drug-likeness (QED) is 0.577. The molecule has 1 aliphatic heterocycles. The highest BCUT2D eigenvalue weighted by Crippen LogP contribution is 2.28. The van der Waals surface area contributed by atoms with E-state index in [1.54, 1.807) is 6.92 Å². The summed E-state index contributed by atoms with van der Waals surface area (Å²) in [5.41, 5.74) is 0.594. The number of hydrogen-bond acceptors (Lipinski definition) is 5. The molecule has 1 aromatic carbocycles. The third-order valence-electron chi connectivity index (χ3n) is 3.27. The van der Waals surface area contributed by atoms with Crippen molar-refractivity contribution in [3.63, 3.8) is 0 Å². The van der Waals surface area contributed by atoms with Gasteiger partial charge in [-0.2, -0.15) is 0 Å². The van der Waals surface area contributed by atoms with Gasteiger partial charge in [-0.3, -0.25) is 0 Å². The zero-order valence-corrected chi connectivity index (χ0v) is 14.4. The molecule has 0 aliphatic carbocycles. The van der Waals surface area contributed by atoms with Gasteiger partial charge in [0.15, 0.2) is 0 Å². The van der Waals surface area contributed by atoms with E-state index in [2.05, 4.69) is 15.9 Å². The van der Waals surface area contributed by atoms with Crippen LogP contribution >= 0.6 is 26.6 Å². The van der Waals surface area contributed by atoms with Crippen molar-refractivity contribution in [1.82, 2.24) is 0 Å². The average Bonchev–Trinajstić information content (AvgIpc) is 2.90. The summed E-state index contributed by atoms with van der Waals surface area (Å²) in [4.78, 5) is 11.9. The van der Waals surface area contributed by atoms with E-state index in [0.29, 0.717) is 23.2 Å². The van der Waals surface area contributed by atoms with Gasteiger partial charge in [0.1, 0.15) is 0 Å². The number of hydrogen-bond donors (Lipinski definition) is 0. The van der Waals surface area contributed by atoms with Crippen molar-refractivity contribution in [2.75, 3.05) is 19.8 Å². The average molecular weight is 398 g/mol. The Morgan fingerprint density at radius 3 is 2.81 bits per heavy atom. The molecule has 0 bridgehead atoms. The van der Waals surface area contributed by atoms with Crippen LogP contribution in [0.1, 0.15) is 22.3 Å². The molecule has 1 atom stereocenters. The van der Waals surface area contributed by atoms with Gasteiger partial charge in [-0.15, -0.1) is 0 Å². The van der Waals surface area contributed by atoms with E-state index in [-0.39, 0.29) is 23.0 Å². The topological polar surface area (TPSA) is 69.7 Å². The molecular formula is C13H14BrClO5S. The van der Waals surface area contributed by atoms with Gasteiger partial charge in [-0.25, -0.2) is 13.2 Å². The molecular weight excluding hydrogens is 384 g/mol. The van der Waals surface area contributed by atoms with Gasteiger partial charge < -0.3 is 9.47 Å². The van der Waals surface area contributed by atoms with Gasteiger partial charge in [0, 0.05) is 27.7 Å². The number of esters is 1. The van der Waals surface area contributed by atoms with Crippen LogP contribution in [0.4, 0.5) is 0 Å². The normalized spacial score (nSPS) is 18.7. The highest BCUT2D eigenvalue weighted by molar-refractivity contribution is 9.10. The first-order chi connectivity index (χ1) is 9.79. The Morgan fingerprint density at radius 2 is 2.24 bits per heavy atom. The molecule has 8 heteroatoms. The van der Waals surface area contributed by atoms with Gasteiger partial charge in [0.25, 0.3) is 9.05 Å². The molecule has 0 spiro atoms. The van der Waals surface area contributed by atoms with Crippen LogP contribution in [0.5, 0.6) is 0 Å². The number of carbonyl (C=O) groups is 1. The molecule has 0 N–H and O–H groups in total. The highest BCUT2D eigenvalue weighted by atomic mass is 79.9. The van der Waals surface area contributed by atoms with E-state index >= 15 is 0 Å². The van der Waals surface area contributed by atoms with Crippen LogP contribution in [-0.4, -0.2) is 34.2 Å². The first-order valence-corrected chi connectivity index (χ1v) is 9.39. The van der Waals surface area contributed by atoms with Crippen LogP contribution in [0, 0.1) is 12.8 Å². The summed E-state index contributed by atoms with van der Waals surface area (Å²) in [6.45, 7) is 3.11. The third kappa shape index (κ3) is 4.18. The van der Waals surface area contributed by atoms with Crippen molar-refractivity contribution in [3.8, 4) is 0 Å². The largest absolute Gasteiger partial charge is 0.462 e. The van der Waals surface area contributed by atoms with Crippen molar-refractivity contribution >= 4 is 41.6 Å². The number of carbonyl (C=O) groups excluding carboxylic acids is 1. The Balaban J connectivity index is 2.19. The molecule has 5 nitrogen and oxygen atoms in total. The summed E-state index contributed by atoms with van der Waals surface area (Å²) in [6.07, 6.45) is 0.853. The van der Waals surface area contributed by atoms with Gasteiger partial charge in [-0.1, -0.05) is 15.9 Å². The minimum absolute atomic E-state index is 0.102. The SMILES string of the molecule is Cc1c(Br)cc(C(=O)OCC2CCOC2)cc1S(=O)(=O)Cl. The number of ether oxygens (including phenoxy) is 2. The number of benzene rings is 1. The maximum absolute atomic E-state index is 12.0. The summed E-state index contributed by atoms with van der Waals surface area (Å²) in [5.74, 6) is -0.386. The maximum Gasteiger partial charge on any atom is 0.338 e. The summed E-state index contributed by atoms with van der Waals surface area (Å²) >= 11 is 3.22. The first kappa shape index (κ1) is 16.7. The fourth-order valence-corrected chi connectivity index (χ4v) is 3.83. The van der Waals surface area contributed by atoms with Crippen LogP contribution in [0.25, 0.3) is 0 Å². The summed E-state index contributed by atoms with van der Waals surface area (Å²) in [5, 5.41) is 0. The van der Waals surface area contributed by atoms with E-state index < -0.39 is 15.0 Å². The predicted molar refractivity (Wildman–Crippen MR) is 81.1 cm³/mol. The van der Waals surface area contributed by atoms with Crippen LogP contribution in [0.15, 0.2) is 21.5 Å². The van der Waals surface area contributed by atoms with E-state index in [0.717, 1.165) is 6.42 Å². The van der Waals surface area contributed by atoms with Crippen LogP contribution < -0.4 is 0 Å². The van der Waals surface area contributed by atoms with E-state index in [4.69, 9.17) is 20.2 Å². The lowest BCUT2D eigenvalue weighted by Crippen LogP contribution is -2.15. The van der Waals surface area contributed by atoms with Gasteiger partial charge in [-0.05, 0) is 31.0 Å². The van der Waals surface area contributed by atoms with Crippen LogP contribution in [-0.2, 0) is 18.5 Å². The second-order valence-electron chi connectivity index (χ2n) is 4.85. The summed E-state index contributed by atoms with van der Waals surface area (Å²) in [6, 6.07) is 2.75. The molecule has 1 heterocycles. The monoisotopic (exact) mass is 396 g/mol. The minimum Gasteiger partial charge on any atom is -0.462 e. The van der Waals surface area contributed by atoms with Crippen molar-refractivity contribution in [2.45, 2.75) is 18.2 Å². The Morgan fingerprint density at radius 1 is 1.52 bits per heavy atom. The van der Waals surface area contributed by atoms with Gasteiger partial charge in [0.05, 0.1) is 23.7 Å². The van der Waals surface area contributed by atoms with E-state index in [1.807, 2.05) is 0 Å². The lowest BCUT2D eigenvalue weighted by molar-refractivity contribution is 0.0428. The van der Waals surface area contributed by atoms with Crippen LogP contribution in [0.3, 0.4) is 0 Å². The van der Waals surface area contributed by atoms with Crippen molar-refractivity contribution in [2.24, 2.45) is 5.92 Å². The fraction of sp³-hybridized carbons (Fsp3) is 0.462. The molecule has 0 amide bonds. The van der Waals surface area contributed by atoms with Gasteiger partial charge >= 0.3 is 5.97 Å². The zero-order valence-electron chi connectivity index (χ0n) is 11.3. The molecule has 0 radical (unpaired) electrons. The van der Waals surface area contributed by atoms with Crippen LogP contribution in [0.2, 0.25) is 0 Å². The minimum atomic E-state index is -3.93. The molecule has 0 saturated carbocycles. The molecule has 1 fully saturated rings. The number of rotatable bonds is 4. The lowest BCUT2D eigenvalue weighted by Gasteiger charge is -2.11. The standard InChI is InChI=1S/C13H14BrClO5S/c1-8-11(14)4-10(5-12(8)21(15,17)18)13(16)20-7-9-2-3-19-6-9/h4-5,9H,2-3,6-7H2,1H3. The summed E-state index contributed by atoms with van der Waals surface area (Å²) in [7, 11) is 1.45. The molecule has 1 aromatic rings. The Bertz CT molecular complexity index is 653. The van der Waals surface area contributed by atoms with E-state index in [1.165, 1.54) is 12.1 Å². The second-order valence-corrected chi connectivity index (χ2v) is 8.24. The Kier molecular flexibility index (Phi) is 5.29.